The fourth-order valence-electron chi connectivity index (χ4n) is 2.10. The van der Waals surface area contributed by atoms with Crippen molar-refractivity contribution < 1.29 is 14.3 Å². The number of carbonyl (C=O) groups is 1. The lowest BCUT2D eigenvalue weighted by molar-refractivity contribution is -0.0720. The van der Waals surface area contributed by atoms with Gasteiger partial charge in [0.15, 0.2) is 0 Å². The molecule has 1 fully saturated rings. The molecule has 0 radical (unpaired) electrons. The summed E-state index contributed by atoms with van der Waals surface area (Å²) in [6.45, 7) is 11.3. The molecule has 0 bridgehead atoms. The lowest BCUT2D eigenvalue weighted by atomic mass is 9.91. The number of alkyl carbamates (subject to hydrolysis) is 1. The monoisotopic (exact) mass is 314 g/mol. The standard InChI is InChI=1S/C13H26N4O3Si/c1-13(2)8-10(16-17-14)11(9-20-13)15-12(18)19-6-7-21(3,4)5/h10-11H,6-9H2,1-5H3,(H,15,18)/t10-,11+/m0/s1. The third kappa shape index (κ3) is 6.84. The van der Waals surface area contributed by atoms with E-state index in [0.717, 1.165) is 6.04 Å². The minimum absolute atomic E-state index is 0.316. The number of nitrogens with zero attached hydrogens (tertiary/aromatic N) is 3. The van der Waals surface area contributed by atoms with Crippen molar-refractivity contribution in [1.82, 2.24) is 5.32 Å². The van der Waals surface area contributed by atoms with Crippen molar-refractivity contribution in [2.75, 3.05) is 13.2 Å². The van der Waals surface area contributed by atoms with Gasteiger partial charge < -0.3 is 14.8 Å². The molecule has 1 amide bonds. The normalized spacial score (nSPS) is 24.8. The van der Waals surface area contributed by atoms with Crippen LogP contribution in [0, 0.1) is 0 Å². The van der Waals surface area contributed by atoms with E-state index in [1.54, 1.807) is 0 Å². The van der Waals surface area contributed by atoms with Crippen molar-refractivity contribution >= 4 is 14.2 Å². The van der Waals surface area contributed by atoms with Crippen LogP contribution in [0.3, 0.4) is 0 Å². The van der Waals surface area contributed by atoms with Gasteiger partial charge in [0.05, 0.1) is 30.9 Å². The van der Waals surface area contributed by atoms with Gasteiger partial charge in [-0.25, -0.2) is 4.79 Å². The topological polar surface area (TPSA) is 96.3 Å². The maximum absolute atomic E-state index is 11.8. The number of hydrogen-bond donors (Lipinski definition) is 1. The van der Waals surface area contributed by atoms with Crippen LogP contribution in [0.25, 0.3) is 10.4 Å². The zero-order valence-corrected chi connectivity index (χ0v) is 14.5. The second-order valence-corrected chi connectivity index (χ2v) is 12.9. The van der Waals surface area contributed by atoms with Crippen LogP contribution < -0.4 is 5.32 Å². The van der Waals surface area contributed by atoms with Crippen molar-refractivity contribution in [3.05, 3.63) is 10.4 Å². The molecule has 0 aromatic rings. The number of ether oxygens (including phenoxy) is 2. The Balaban J connectivity index is 2.48. The Labute approximate surface area is 127 Å². The summed E-state index contributed by atoms with van der Waals surface area (Å²) >= 11 is 0. The fraction of sp³-hybridized carbons (Fsp3) is 0.923. The highest BCUT2D eigenvalue weighted by atomic mass is 28.3. The van der Waals surface area contributed by atoms with E-state index in [2.05, 4.69) is 35.0 Å². The van der Waals surface area contributed by atoms with E-state index < -0.39 is 14.2 Å². The number of amides is 1. The Kier molecular flexibility index (Phi) is 6.06. The molecule has 1 saturated heterocycles. The molecule has 21 heavy (non-hydrogen) atoms. The van der Waals surface area contributed by atoms with E-state index in [-0.39, 0.29) is 17.7 Å². The van der Waals surface area contributed by atoms with Gasteiger partial charge in [0.2, 0.25) is 0 Å². The number of rotatable bonds is 5. The Morgan fingerprint density at radius 2 is 2.19 bits per heavy atom. The van der Waals surface area contributed by atoms with Crippen molar-refractivity contribution in [3.8, 4) is 0 Å². The zero-order valence-electron chi connectivity index (χ0n) is 13.5. The molecule has 0 aliphatic carbocycles. The molecule has 120 valence electrons. The van der Waals surface area contributed by atoms with E-state index in [1.807, 2.05) is 13.8 Å². The predicted molar refractivity (Wildman–Crippen MR) is 84.0 cm³/mol. The summed E-state index contributed by atoms with van der Waals surface area (Å²) in [7, 11) is -1.22. The first-order chi connectivity index (χ1) is 9.63. The van der Waals surface area contributed by atoms with Crippen LogP contribution in [0.5, 0.6) is 0 Å². The summed E-state index contributed by atoms with van der Waals surface area (Å²) in [4.78, 5) is 14.7. The Morgan fingerprint density at radius 1 is 1.52 bits per heavy atom. The van der Waals surface area contributed by atoms with Gasteiger partial charge in [0, 0.05) is 13.0 Å². The molecule has 7 nitrogen and oxygen atoms in total. The SMILES string of the molecule is CC1(C)C[C@H](N=[N+]=[N-])[C@H](NC(=O)OCC[Si](C)(C)C)CO1. The molecule has 2 atom stereocenters. The average molecular weight is 314 g/mol. The van der Waals surface area contributed by atoms with Gasteiger partial charge in [-0.1, -0.05) is 24.8 Å². The number of hydrogen-bond acceptors (Lipinski definition) is 4. The maximum Gasteiger partial charge on any atom is 0.407 e. The molecule has 1 N–H and O–H groups in total. The number of carbonyl (C=O) groups excluding carboxylic acids is 1. The van der Waals surface area contributed by atoms with Crippen LogP contribution in [-0.2, 0) is 9.47 Å². The summed E-state index contributed by atoms with van der Waals surface area (Å²) in [5, 5.41) is 6.51. The van der Waals surface area contributed by atoms with E-state index >= 15 is 0 Å². The molecule has 1 aliphatic heterocycles. The van der Waals surface area contributed by atoms with Gasteiger partial charge >= 0.3 is 6.09 Å². The molecular weight excluding hydrogens is 288 g/mol. The second kappa shape index (κ2) is 7.15. The van der Waals surface area contributed by atoms with Crippen LogP contribution in [0.4, 0.5) is 4.79 Å². The van der Waals surface area contributed by atoms with Gasteiger partial charge in [0.1, 0.15) is 0 Å². The first-order valence-electron chi connectivity index (χ1n) is 7.24. The van der Waals surface area contributed by atoms with E-state index in [0.29, 0.717) is 19.6 Å². The van der Waals surface area contributed by atoms with Gasteiger partial charge in [0.25, 0.3) is 0 Å². The smallest absolute Gasteiger partial charge is 0.407 e. The Hall–Kier alpha value is -1.24. The van der Waals surface area contributed by atoms with Gasteiger partial charge in [-0.3, -0.25) is 0 Å². The number of azide groups is 1. The van der Waals surface area contributed by atoms with Crippen molar-refractivity contribution in [3.63, 3.8) is 0 Å². The maximum atomic E-state index is 11.8. The summed E-state index contributed by atoms with van der Waals surface area (Å²) in [6.07, 6.45) is 0.0939. The van der Waals surface area contributed by atoms with Crippen molar-refractivity contribution in [2.45, 2.75) is 63.6 Å². The minimum Gasteiger partial charge on any atom is -0.450 e. The molecule has 0 aromatic carbocycles. The number of nitrogens with one attached hydrogen (secondary N) is 1. The molecule has 0 saturated carbocycles. The molecule has 0 unspecified atom stereocenters. The minimum atomic E-state index is -1.22. The highest BCUT2D eigenvalue weighted by Crippen LogP contribution is 2.26. The Morgan fingerprint density at radius 3 is 2.76 bits per heavy atom. The van der Waals surface area contributed by atoms with E-state index in [9.17, 15) is 4.79 Å². The van der Waals surface area contributed by atoms with Crippen LogP contribution in [0.2, 0.25) is 25.7 Å². The highest BCUT2D eigenvalue weighted by molar-refractivity contribution is 6.76. The van der Waals surface area contributed by atoms with E-state index in [4.69, 9.17) is 15.0 Å². The van der Waals surface area contributed by atoms with Crippen molar-refractivity contribution in [1.29, 1.82) is 0 Å². The molecule has 1 heterocycles. The predicted octanol–water partition coefficient (Wildman–Crippen LogP) is 3.30. The van der Waals surface area contributed by atoms with Crippen LogP contribution in [0.1, 0.15) is 20.3 Å². The zero-order chi connectivity index (χ0) is 16.1. The largest absolute Gasteiger partial charge is 0.450 e. The molecule has 0 spiro atoms. The third-order valence-electron chi connectivity index (χ3n) is 3.41. The molecular formula is C13H26N4O3Si. The van der Waals surface area contributed by atoms with Crippen LogP contribution >= 0.6 is 0 Å². The lowest BCUT2D eigenvalue weighted by Crippen LogP contribution is -2.53. The lowest BCUT2D eigenvalue weighted by Gasteiger charge is -2.38. The fourth-order valence-corrected chi connectivity index (χ4v) is 2.81. The molecule has 8 heteroatoms. The summed E-state index contributed by atoms with van der Waals surface area (Å²) in [5.74, 6) is 0. The quantitative estimate of drug-likeness (QED) is 0.365. The Bertz CT molecular complexity index is 416. The highest BCUT2D eigenvalue weighted by Gasteiger charge is 2.36. The van der Waals surface area contributed by atoms with Crippen LogP contribution in [0.15, 0.2) is 5.11 Å². The average Bonchev–Trinajstić information content (AvgIpc) is 2.31. The van der Waals surface area contributed by atoms with Gasteiger partial charge in [-0.15, -0.1) is 0 Å². The molecule has 1 rings (SSSR count). The van der Waals surface area contributed by atoms with Crippen LogP contribution in [-0.4, -0.2) is 45.1 Å². The molecule has 1 aliphatic rings. The summed E-state index contributed by atoms with van der Waals surface area (Å²) in [5.41, 5.74) is 8.30. The first-order valence-corrected chi connectivity index (χ1v) is 11.0. The molecule has 0 aromatic heterocycles. The summed E-state index contributed by atoms with van der Waals surface area (Å²) < 4.78 is 10.9. The second-order valence-electron chi connectivity index (χ2n) is 7.24. The van der Waals surface area contributed by atoms with Crippen molar-refractivity contribution in [2.24, 2.45) is 5.11 Å². The van der Waals surface area contributed by atoms with Gasteiger partial charge in [-0.2, -0.15) is 0 Å². The summed E-state index contributed by atoms with van der Waals surface area (Å²) in [6, 6.07) is 0.269. The van der Waals surface area contributed by atoms with E-state index in [1.165, 1.54) is 0 Å². The van der Waals surface area contributed by atoms with Gasteiger partial charge in [-0.05, 0) is 31.8 Å². The first kappa shape index (κ1) is 17.8. The third-order valence-corrected chi connectivity index (χ3v) is 5.11.